The van der Waals surface area contributed by atoms with Gasteiger partial charge in [0.15, 0.2) is 5.78 Å². The molecule has 0 spiro atoms. The number of rotatable bonds is 6. The van der Waals surface area contributed by atoms with Crippen molar-refractivity contribution in [2.45, 2.75) is 94.4 Å². The molecule has 2 rings (SSSR count). The Balaban J connectivity index is -0.000000388. The van der Waals surface area contributed by atoms with Crippen molar-refractivity contribution in [3.05, 3.63) is 35.9 Å². The average molecular weight is 435 g/mol. The Labute approximate surface area is 191 Å². The third-order valence-electron chi connectivity index (χ3n) is 4.40. The molecule has 1 atom stereocenters. The Kier molecular flexibility index (Phi) is 22.7. The van der Waals surface area contributed by atoms with Crippen molar-refractivity contribution in [1.82, 2.24) is 0 Å². The van der Waals surface area contributed by atoms with E-state index in [0.29, 0.717) is 19.3 Å². The van der Waals surface area contributed by atoms with E-state index >= 15 is 0 Å². The van der Waals surface area contributed by atoms with Crippen molar-refractivity contribution >= 4 is 22.9 Å². The van der Waals surface area contributed by atoms with Gasteiger partial charge in [0.2, 0.25) is 0 Å². The lowest BCUT2D eigenvalue weighted by Crippen LogP contribution is -2.07. The number of carbonyl (C=O) groups excluding carboxylic acids is 3. The van der Waals surface area contributed by atoms with Crippen molar-refractivity contribution in [2.24, 2.45) is 5.92 Å². The van der Waals surface area contributed by atoms with Gasteiger partial charge in [-0.1, -0.05) is 80.0 Å². The fourth-order valence-electron chi connectivity index (χ4n) is 2.30. The monoisotopic (exact) mass is 434 g/mol. The Hall–Kier alpha value is -2.23. The van der Waals surface area contributed by atoms with Crippen molar-refractivity contribution in [3.63, 3.8) is 0 Å². The molecule has 1 unspecified atom stereocenters. The first-order valence-corrected chi connectivity index (χ1v) is 11.6. The smallest absolute Gasteiger partial charge is 0.167 e. The average Bonchev–Trinajstić information content (AvgIpc) is 3.09. The molecule has 31 heavy (non-hydrogen) atoms. The van der Waals surface area contributed by atoms with E-state index in [0.717, 1.165) is 22.4 Å². The summed E-state index contributed by atoms with van der Waals surface area (Å²) in [6, 6.07) is 5.50. The first kappa shape index (κ1) is 33.4. The van der Waals surface area contributed by atoms with E-state index in [2.05, 4.69) is 20.4 Å². The molecule has 1 aromatic carbocycles. The van der Waals surface area contributed by atoms with Gasteiger partial charge in [-0.3, -0.25) is 9.59 Å². The zero-order valence-electron chi connectivity index (χ0n) is 21.7. The molecule has 0 bridgehead atoms. The highest BCUT2D eigenvalue weighted by Gasteiger charge is 2.25. The molecular formula is C27H46O4. The molecule has 0 saturated carbocycles. The molecule has 0 fully saturated rings. The molecule has 0 amide bonds. The Morgan fingerprint density at radius 3 is 1.97 bits per heavy atom. The van der Waals surface area contributed by atoms with Crippen LogP contribution >= 0.6 is 0 Å². The lowest BCUT2D eigenvalue weighted by atomic mass is 10.0. The number of benzene rings is 1. The van der Waals surface area contributed by atoms with Crippen molar-refractivity contribution in [3.8, 4) is 5.75 Å². The molecule has 0 radical (unpaired) electrons. The Morgan fingerprint density at radius 2 is 1.58 bits per heavy atom. The number of Topliss-reactive ketones (excluding diaryl/α,β-unsaturated/α-hetero) is 3. The summed E-state index contributed by atoms with van der Waals surface area (Å²) in [6.45, 7) is 21.2. The van der Waals surface area contributed by atoms with Crippen LogP contribution in [0, 0.1) is 5.92 Å². The predicted molar refractivity (Wildman–Crippen MR) is 134 cm³/mol. The van der Waals surface area contributed by atoms with Crippen LogP contribution in [0.15, 0.2) is 24.8 Å². The van der Waals surface area contributed by atoms with Crippen LogP contribution in [0.4, 0.5) is 0 Å². The van der Waals surface area contributed by atoms with Gasteiger partial charge in [-0.2, -0.15) is 0 Å². The molecule has 1 aliphatic carbocycles. The summed E-state index contributed by atoms with van der Waals surface area (Å²) in [6.07, 6.45) is 4.29. The minimum atomic E-state index is 0.0453. The lowest BCUT2D eigenvalue weighted by molar-refractivity contribution is -0.121. The van der Waals surface area contributed by atoms with E-state index < -0.39 is 0 Å². The molecule has 4 nitrogen and oxygen atoms in total. The third kappa shape index (κ3) is 14.4. The largest absolute Gasteiger partial charge is 0.496 e. The number of methoxy groups -OCH3 is 1. The number of ether oxygens (including phenoxy) is 1. The zero-order valence-corrected chi connectivity index (χ0v) is 21.7. The second-order valence-corrected chi connectivity index (χ2v) is 6.84. The molecule has 0 N–H and O–H groups in total. The summed E-state index contributed by atoms with van der Waals surface area (Å²) >= 11 is 0. The van der Waals surface area contributed by atoms with E-state index in [1.807, 2.05) is 52.8 Å². The zero-order chi connectivity index (χ0) is 25.0. The number of fused-ring (bicyclic) bond motifs is 1. The van der Waals surface area contributed by atoms with Gasteiger partial charge in [0.05, 0.1) is 7.11 Å². The van der Waals surface area contributed by atoms with E-state index in [1.165, 1.54) is 12.8 Å². The Morgan fingerprint density at radius 1 is 1.06 bits per heavy atom. The van der Waals surface area contributed by atoms with Gasteiger partial charge < -0.3 is 9.53 Å². The fourth-order valence-corrected chi connectivity index (χ4v) is 2.30. The molecule has 178 valence electrons. The lowest BCUT2D eigenvalue weighted by Gasteiger charge is -2.05. The molecule has 0 aromatic heterocycles. The number of ketones is 3. The maximum absolute atomic E-state index is 11.4. The van der Waals surface area contributed by atoms with Crippen molar-refractivity contribution < 1.29 is 19.1 Å². The van der Waals surface area contributed by atoms with Crippen LogP contribution < -0.4 is 4.74 Å². The van der Waals surface area contributed by atoms with E-state index in [4.69, 9.17) is 4.74 Å². The molecular weight excluding hydrogens is 388 g/mol. The first-order chi connectivity index (χ1) is 14.7. The van der Waals surface area contributed by atoms with Crippen LogP contribution in [-0.4, -0.2) is 24.5 Å². The van der Waals surface area contributed by atoms with E-state index in [-0.39, 0.29) is 23.3 Å². The number of unbranched alkanes of at least 4 members (excludes halogenated alkanes) is 1. The molecule has 0 heterocycles. The fraction of sp³-hybridized carbons (Fsp3) is 0.593. The van der Waals surface area contributed by atoms with Gasteiger partial charge in [-0.25, -0.2) is 0 Å². The van der Waals surface area contributed by atoms with Crippen LogP contribution in [-0.2, 0) is 9.59 Å². The number of hydrogen-bond acceptors (Lipinski definition) is 4. The minimum Gasteiger partial charge on any atom is -0.496 e. The second-order valence-electron chi connectivity index (χ2n) is 6.84. The summed E-state index contributed by atoms with van der Waals surface area (Å²) in [4.78, 5) is 32.5. The highest BCUT2D eigenvalue weighted by molar-refractivity contribution is 6.12. The second kappa shape index (κ2) is 21.0. The summed E-state index contributed by atoms with van der Waals surface area (Å²) in [7, 11) is 1.60. The number of allylic oxidation sites excluding steroid dienone is 1. The summed E-state index contributed by atoms with van der Waals surface area (Å²) in [5.41, 5.74) is 2.48. The molecule has 0 aliphatic heterocycles. The highest BCUT2D eigenvalue weighted by Crippen LogP contribution is 2.37. The number of hydrogen-bond donors (Lipinski definition) is 0. The van der Waals surface area contributed by atoms with Crippen LogP contribution in [0.3, 0.4) is 0 Å². The molecule has 1 aliphatic rings. The highest BCUT2D eigenvalue weighted by atomic mass is 16.5. The first-order valence-electron chi connectivity index (χ1n) is 11.6. The normalized spacial score (nSPS) is 11.5. The van der Waals surface area contributed by atoms with Gasteiger partial charge in [0.25, 0.3) is 0 Å². The summed E-state index contributed by atoms with van der Waals surface area (Å²) in [5.74, 6) is 1.26. The van der Waals surface area contributed by atoms with E-state index in [1.54, 1.807) is 21.0 Å². The van der Waals surface area contributed by atoms with Gasteiger partial charge in [-0.05, 0) is 31.9 Å². The SMILES string of the molecule is C=C1CC(=O)c2cccc(OC)c21.CC.CC.CC(=O)CCC(C)C(C)=O.CCCC. The van der Waals surface area contributed by atoms with Crippen molar-refractivity contribution in [2.75, 3.05) is 7.11 Å². The standard InChI is InChI=1S/C11H10O2.C8H14O2.C4H10.2C2H6/c1-7-6-9(12)8-4-3-5-10(13-2)11(7)8;1-6(8(3)10)4-5-7(2)9;1-3-4-2;2*1-2/h3-5H,1,6H2,2H3;6H,4-5H2,1-3H3;3-4H2,1-2H3;2*1-2H3. The minimum absolute atomic E-state index is 0.0453. The third-order valence-corrected chi connectivity index (χ3v) is 4.40. The molecule has 4 heteroatoms. The Bertz CT molecular complexity index is 657. The van der Waals surface area contributed by atoms with Crippen LogP contribution in [0.5, 0.6) is 5.75 Å². The molecule has 1 aromatic rings. The van der Waals surface area contributed by atoms with E-state index in [9.17, 15) is 14.4 Å². The van der Waals surface area contributed by atoms with Gasteiger partial charge in [-0.15, -0.1) is 0 Å². The van der Waals surface area contributed by atoms with Gasteiger partial charge >= 0.3 is 0 Å². The summed E-state index contributed by atoms with van der Waals surface area (Å²) < 4.78 is 5.16. The number of carbonyl (C=O) groups is 3. The summed E-state index contributed by atoms with van der Waals surface area (Å²) in [5, 5.41) is 0. The quantitative estimate of drug-likeness (QED) is 0.459. The van der Waals surface area contributed by atoms with Gasteiger partial charge in [0.1, 0.15) is 17.3 Å². The van der Waals surface area contributed by atoms with Gasteiger partial charge in [0, 0.05) is 29.9 Å². The topological polar surface area (TPSA) is 60.4 Å². The predicted octanol–water partition coefficient (Wildman–Crippen LogP) is 7.73. The van der Waals surface area contributed by atoms with Crippen LogP contribution in [0.1, 0.15) is 110 Å². The van der Waals surface area contributed by atoms with Crippen LogP contribution in [0.2, 0.25) is 0 Å². The van der Waals surface area contributed by atoms with Crippen LogP contribution in [0.25, 0.3) is 5.57 Å². The maximum atomic E-state index is 11.4. The van der Waals surface area contributed by atoms with Crippen molar-refractivity contribution in [1.29, 1.82) is 0 Å². The molecule has 0 saturated heterocycles. The maximum Gasteiger partial charge on any atom is 0.167 e.